The minimum absolute atomic E-state index is 0.250. The van der Waals surface area contributed by atoms with Crippen LogP contribution in [-0.2, 0) is 0 Å². The van der Waals surface area contributed by atoms with E-state index in [1.165, 1.54) is 0 Å². The van der Waals surface area contributed by atoms with E-state index >= 15 is 0 Å². The summed E-state index contributed by atoms with van der Waals surface area (Å²) in [4.78, 5) is 17.7. The summed E-state index contributed by atoms with van der Waals surface area (Å²) >= 11 is 1.58. The number of aryl methyl sites for hydroxylation is 1. The topological polar surface area (TPSA) is 89.6 Å². The molecule has 0 aliphatic heterocycles. The third kappa shape index (κ3) is 3.70. The van der Waals surface area contributed by atoms with Gasteiger partial charge in [-0.05, 0) is 31.2 Å². The van der Waals surface area contributed by atoms with Crippen molar-refractivity contribution in [2.75, 3.05) is 11.1 Å². The molecular weight excluding hydrogens is 296 g/mol. The van der Waals surface area contributed by atoms with Crippen molar-refractivity contribution in [1.82, 2.24) is 19.9 Å². The van der Waals surface area contributed by atoms with Gasteiger partial charge in [0.25, 0.3) is 0 Å². The van der Waals surface area contributed by atoms with E-state index in [9.17, 15) is 0 Å². The fourth-order valence-corrected chi connectivity index (χ4v) is 2.59. The van der Waals surface area contributed by atoms with Gasteiger partial charge in [-0.25, -0.2) is 9.97 Å². The van der Waals surface area contributed by atoms with Crippen LogP contribution in [0.25, 0.3) is 0 Å². The quantitative estimate of drug-likeness (QED) is 0.765. The van der Waals surface area contributed by atoms with Crippen molar-refractivity contribution in [3.63, 3.8) is 0 Å². The lowest BCUT2D eigenvalue weighted by molar-refractivity contribution is 1.11. The molecule has 0 fully saturated rings. The Kier molecular flexibility index (Phi) is 4.15. The van der Waals surface area contributed by atoms with Crippen LogP contribution in [0, 0.1) is 6.92 Å². The number of nitrogens with one attached hydrogen (secondary N) is 1. The van der Waals surface area contributed by atoms with E-state index in [1.54, 1.807) is 30.4 Å². The van der Waals surface area contributed by atoms with Crippen LogP contribution in [0.2, 0.25) is 0 Å². The molecule has 0 aliphatic carbocycles. The first kappa shape index (κ1) is 14.3. The van der Waals surface area contributed by atoms with Gasteiger partial charge in [-0.3, -0.25) is 4.98 Å². The molecule has 0 bridgehead atoms. The van der Waals surface area contributed by atoms with Gasteiger partial charge in [-0.1, -0.05) is 11.8 Å². The molecule has 0 saturated heterocycles. The van der Waals surface area contributed by atoms with Crippen molar-refractivity contribution in [1.29, 1.82) is 0 Å². The maximum atomic E-state index is 5.64. The molecule has 3 aromatic rings. The van der Waals surface area contributed by atoms with E-state index < -0.39 is 0 Å². The highest BCUT2D eigenvalue weighted by atomic mass is 32.2. The molecule has 0 aromatic carbocycles. The molecule has 0 unspecified atom stereocenters. The van der Waals surface area contributed by atoms with E-state index in [0.717, 1.165) is 21.3 Å². The van der Waals surface area contributed by atoms with Crippen LogP contribution < -0.4 is 11.1 Å². The smallest absolute Gasteiger partial charge is 0.222 e. The van der Waals surface area contributed by atoms with Gasteiger partial charge in [-0.2, -0.15) is 4.98 Å². The van der Waals surface area contributed by atoms with Gasteiger partial charge in [0, 0.05) is 29.0 Å². The highest BCUT2D eigenvalue weighted by molar-refractivity contribution is 7.99. The standard InChI is InChI=1S/C15H14N6S/c1-10-8-13(21-15(16)19-10)20-11-2-3-14(18-9-11)22-12-4-6-17-7-5-12/h2-9H,1H3,(H3,16,19,20,21). The van der Waals surface area contributed by atoms with Crippen LogP contribution in [0.3, 0.4) is 0 Å². The van der Waals surface area contributed by atoms with E-state index in [2.05, 4.69) is 25.3 Å². The summed E-state index contributed by atoms with van der Waals surface area (Å²) in [5, 5.41) is 4.08. The normalized spacial score (nSPS) is 10.4. The second-order valence-corrected chi connectivity index (χ2v) is 5.64. The third-order valence-corrected chi connectivity index (χ3v) is 3.71. The van der Waals surface area contributed by atoms with E-state index in [-0.39, 0.29) is 5.95 Å². The predicted octanol–water partition coefficient (Wildman–Crippen LogP) is 3.05. The van der Waals surface area contributed by atoms with Gasteiger partial charge in [-0.15, -0.1) is 0 Å². The van der Waals surface area contributed by atoms with Gasteiger partial charge < -0.3 is 11.1 Å². The molecule has 0 saturated carbocycles. The molecule has 22 heavy (non-hydrogen) atoms. The van der Waals surface area contributed by atoms with Crippen LogP contribution in [0.4, 0.5) is 17.5 Å². The van der Waals surface area contributed by atoms with Crippen molar-refractivity contribution in [3.8, 4) is 0 Å². The number of hydrogen-bond donors (Lipinski definition) is 2. The number of aromatic nitrogens is 4. The van der Waals surface area contributed by atoms with Crippen molar-refractivity contribution < 1.29 is 0 Å². The third-order valence-electron chi connectivity index (χ3n) is 2.75. The van der Waals surface area contributed by atoms with E-state index in [0.29, 0.717) is 5.82 Å². The molecule has 0 aliphatic rings. The summed E-state index contributed by atoms with van der Waals surface area (Å²) in [6, 6.07) is 9.63. The van der Waals surface area contributed by atoms with Gasteiger partial charge >= 0.3 is 0 Å². The van der Waals surface area contributed by atoms with Crippen molar-refractivity contribution in [3.05, 3.63) is 54.6 Å². The summed E-state index contributed by atoms with van der Waals surface area (Å²) in [6.07, 6.45) is 5.29. The lowest BCUT2D eigenvalue weighted by Gasteiger charge is -2.07. The van der Waals surface area contributed by atoms with Crippen molar-refractivity contribution >= 4 is 29.2 Å². The summed E-state index contributed by atoms with van der Waals surface area (Å²) in [7, 11) is 0. The first-order chi connectivity index (χ1) is 10.7. The molecule has 6 nitrogen and oxygen atoms in total. The van der Waals surface area contributed by atoms with Gasteiger partial charge in [0.15, 0.2) is 0 Å². The Hall–Kier alpha value is -2.67. The number of anilines is 3. The second kappa shape index (κ2) is 6.40. The fourth-order valence-electron chi connectivity index (χ4n) is 1.85. The maximum Gasteiger partial charge on any atom is 0.222 e. The lowest BCUT2D eigenvalue weighted by Crippen LogP contribution is -2.01. The SMILES string of the molecule is Cc1cc(Nc2ccc(Sc3ccncc3)nc2)nc(N)n1. The summed E-state index contributed by atoms with van der Waals surface area (Å²) in [5.41, 5.74) is 7.29. The molecule has 7 heteroatoms. The monoisotopic (exact) mass is 310 g/mol. The zero-order valence-corrected chi connectivity index (χ0v) is 12.7. The van der Waals surface area contributed by atoms with Crippen LogP contribution >= 0.6 is 11.8 Å². The molecule has 0 radical (unpaired) electrons. The van der Waals surface area contributed by atoms with Crippen LogP contribution in [-0.4, -0.2) is 19.9 Å². The molecule has 3 N–H and O–H groups in total. The Morgan fingerprint density at radius 1 is 1.09 bits per heavy atom. The molecule has 3 aromatic heterocycles. The van der Waals surface area contributed by atoms with Crippen molar-refractivity contribution in [2.24, 2.45) is 0 Å². The van der Waals surface area contributed by atoms with Crippen LogP contribution in [0.1, 0.15) is 5.69 Å². The Labute approximate surface area is 132 Å². The number of nitrogens with zero attached hydrogens (tertiary/aromatic N) is 4. The number of nitrogen functional groups attached to an aromatic ring is 1. The summed E-state index contributed by atoms with van der Waals surface area (Å²) in [6.45, 7) is 1.87. The summed E-state index contributed by atoms with van der Waals surface area (Å²) < 4.78 is 0. The Morgan fingerprint density at radius 3 is 2.59 bits per heavy atom. The molecule has 110 valence electrons. The number of hydrogen-bond acceptors (Lipinski definition) is 7. The average Bonchev–Trinajstić information content (AvgIpc) is 2.49. The van der Waals surface area contributed by atoms with E-state index in [4.69, 9.17) is 5.73 Å². The molecule has 0 atom stereocenters. The highest BCUT2D eigenvalue weighted by Gasteiger charge is 2.02. The molecule has 0 amide bonds. The molecule has 0 spiro atoms. The zero-order chi connectivity index (χ0) is 15.4. The van der Waals surface area contributed by atoms with Crippen LogP contribution in [0.5, 0.6) is 0 Å². The van der Waals surface area contributed by atoms with Crippen molar-refractivity contribution in [2.45, 2.75) is 16.8 Å². The number of pyridine rings is 2. The van der Waals surface area contributed by atoms with Gasteiger partial charge in [0.1, 0.15) is 10.8 Å². The maximum absolute atomic E-state index is 5.64. The first-order valence-electron chi connectivity index (χ1n) is 6.61. The second-order valence-electron chi connectivity index (χ2n) is 4.55. The summed E-state index contributed by atoms with van der Waals surface area (Å²) in [5.74, 6) is 0.904. The lowest BCUT2D eigenvalue weighted by atomic mass is 10.4. The largest absolute Gasteiger partial charge is 0.368 e. The van der Waals surface area contributed by atoms with Gasteiger partial charge in [0.2, 0.25) is 5.95 Å². The zero-order valence-electron chi connectivity index (χ0n) is 11.9. The minimum atomic E-state index is 0.250. The van der Waals surface area contributed by atoms with E-state index in [1.807, 2.05) is 37.3 Å². The Bertz CT molecular complexity index is 740. The molecule has 3 heterocycles. The Morgan fingerprint density at radius 2 is 1.91 bits per heavy atom. The first-order valence-corrected chi connectivity index (χ1v) is 7.43. The number of nitrogens with two attached hydrogens (primary N) is 1. The molecule has 3 rings (SSSR count). The van der Waals surface area contributed by atoms with Crippen LogP contribution in [0.15, 0.2) is 58.8 Å². The predicted molar refractivity (Wildman–Crippen MR) is 87.1 cm³/mol. The number of rotatable bonds is 4. The fraction of sp³-hybridized carbons (Fsp3) is 0.0667. The van der Waals surface area contributed by atoms with Gasteiger partial charge in [0.05, 0.1) is 11.9 Å². The highest BCUT2D eigenvalue weighted by Crippen LogP contribution is 2.26. The average molecular weight is 310 g/mol. The molecular formula is C15H14N6S. The Balaban J connectivity index is 1.71. The minimum Gasteiger partial charge on any atom is -0.368 e.